The van der Waals surface area contributed by atoms with Gasteiger partial charge >= 0.3 is 5.97 Å². The monoisotopic (exact) mass is 200 g/mol. The molecule has 82 valence electrons. The SMILES string of the molecule is CC1CCN(CC(N)CC(=O)O)CC1. The van der Waals surface area contributed by atoms with Crippen molar-refractivity contribution >= 4 is 5.97 Å². The molecule has 0 aromatic heterocycles. The van der Waals surface area contributed by atoms with Crippen LogP contribution in [-0.4, -0.2) is 41.7 Å². The third-order valence-electron chi connectivity index (χ3n) is 2.81. The van der Waals surface area contributed by atoms with Gasteiger partial charge in [-0.25, -0.2) is 0 Å². The van der Waals surface area contributed by atoms with Crippen molar-refractivity contribution in [3.8, 4) is 0 Å². The highest BCUT2D eigenvalue weighted by Crippen LogP contribution is 2.15. The number of carboxylic acids is 1. The van der Waals surface area contributed by atoms with E-state index < -0.39 is 5.97 Å². The van der Waals surface area contributed by atoms with E-state index >= 15 is 0 Å². The summed E-state index contributed by atoms with van der Waals surface area (Å²) < 4.78 is 0. The van der Waals surface area contributed by atoms with Gasteiger partial charge in [0.2, 0.25) is 0 Å². The van der Waals surface area contributed by atoms with Gasteiger partial charge in [-0.15, -0.1) is 0 Å². The lowest BCUT2D eigenvalue weighted by Crippen LogP contribution is -2.42. The van der Waals surface area contributed by atoms with E-state index in [4.69, 9.17) is 10.8 Å². The van der Waals surface area contributed by atoms with Gasteiger partial charge in [0.1, 0.15) is 0 Å². The lowest BCUT2D eigenvalue weighted by atomic mass is 9.99. The first-order valence-electron chi connectivity index (χ1n) is 5.27. The third kappa shape index (κ3) is 4.07. The van der Waals surface area contributed by atoms with Crippen LogP contribution in [0.5, 0.6) is 0 Å². The van der Waals surface area contributed by atoms with Crippen LogP contribution in [-0.2, 0) is 4.79 Å². The van der Waals surface area contributed by atoms with Crippen LogP contribution in [0.4, 0.5) is 0 Å². The first-order chi connectivity index (χ1) is 6.58. The molecule has 1 atom stereocenters. The van der Waals surface area contributed by atoms with Gasteiger partial charge in [-0.3, -0.25) is 4.79 Å². The topological polar surface area (TPSA) is 66.6 Å². The summed E-state index contributed by atoms with van der Waals surface area (Å²) in [6.07, 6.45) is 2.49. The zero-order chi connectivity index (χ0) is 10.6. The molecule has 4 nitrogen and oxygen atoms in total. The van der Waals surface area contributed by atoms with Crippen LogP contribution in [0, 0.1) is 5.92 Å². The summed E-state index contributed by atoms with van der Waals surface area (Å²) in [6, 6.07) is -0.221. The first kappa shape index (κ1) is 11.5. The second-order valence-electron chi connectivity index (χ2n) is 4.34. The molecule has 4 heteroatoms. The van der Waals surface area contributed by atoms with Crippen LogP contribution in [0.25, 0.3) is 0 Å². The highest BCUT2D eigenvalue weighted by atomic mass is 16.4. The van der Waals surface area contributed by atoms with E-state index in [2.05, 4.69) is 11.8 Å². The molecule has 1 heterocycles. The zero-order valence-corrected chi connectivity index (χ0v) is 8.78. The van der Waals surface area contributed by atoms with E-state index in [1.807, 2.05) is 0 Å². The number of carbonyl (C=O) groups is 1. The van der Waals surface area contributed by atoms with Gasteiger partial charge in [0.05, 0.1) is 6.42 Å². The van der Waals surface area contributed by atoms with E-state index in [1.165, 1.54) is 12.8 Å². The Morgan fingerprint density at radius 2 is 2.14 bits per heavy atom. The first-order valence-corrected chi connectivity index (χ1v) is 5.27. The fourth-order valence-electron chi connectivity index (χ4n) is 1.87. The summed E-state index contributed by atoms with van der Waals surface area (Å²) in [5, 5.41) is 8.56. The minimum Gasteiger partial charge on any atom is -0.481 e. The number of nitrogens with zero attached hydrogens (tertiary/aromatic N) is 1. The lowest BCUT2D eigenvalue weighted by Gasteiger charge is -2.31. The number of carboxylic acid groups (broad SMARTS) is 1. The van der Waals surface area contributed by atoms with Gasteiger partial charge in [-0.2, -0.15) is 0 Å². The fraction of sp³-hybridized carbons (Fsp3) is 0.900. The molecule has 1 aliphatic heterocycles. The molecule has 3 N–H and O–H groups in total. The Kier molecular flexibility index (Phi) is 4.35. The maximum absolute atomic E-state index is 10.4. The molecule has 1 unspecified atom stereocenters. The van der Waals surface area contributed by atoms with Crippen LogP contribution >= 0.6 is 0 Å². The summed E-state index contributed by atoms with van der Waals surface area (Å²) in [5.41, 5.74) is 5.72. The molecule has 1 saturated heterocycles. The number of rotatable bonds is 4. The van der Waals surface area contributed by atoms with Crippen LogP contribution in [0.1, 0.15) is 26.2 Å². The Balaban J connectivity index is 2.20. The van der Waals surface area contributed by atoms with Crippen molar-refractivity contribution in [2.24, 2.45) is 11.7 Å². The highest BCUT2D eigenvalue weighted by molar-refractivity contribution is 5.67. The molecule has 0 amide bonds. The molecule has 0 aliphatic carbocycles. The van der Waals surface area contributed by atoms with Crippen molar-refractivity contribution in [3.63, 3.8) is 0 Å². The second kappa shape index (κ2) is 5.32. The maximum Gasteiger partial charge on any atom is 0.304 e. The van der Waals surface area contributed by atoms with Gasteiger partial charge in [-0.1, -0.05) is 6.92 Å². The van der Waals surface area contributed by atoms with Gasteiger partial charge < -0.3 is 15.7 Å². The van der Waals surface area contributed by atoms with Crippen LogP contribution in [0.2, 0.25) is 0 Å². The van der Waals surface area contributed by atoms with E-state index in [0.29, 0.717) is 0 Å². The summed E-state index contributed by atoms with van der Waals surface area (Å²) in [5.74, 6) is 0.00447. The molecule has 1 fully saturated rings. The number of aliphatic carboxylic acids is 1. The van der Waals surface area contributed by atoms with Crippen molar-refractivity contribution in [1.29, 1.82) is 0 Å². The Labute approximate surface area is 85.1 Å². The molecule has 0 bridgehead atoms. The largest absolute Gasteiger partial charge is 0.481 e. The molecule has 1 aliphatic rings. The van der Waals surface area contributed by atoms with Crippen LogP contribution < -0.4 is 5.73 Å². The zero-order valence-electron chi connectivity index (χ0n) is 8.78. The smallest absolute Gasteiger partial charge is 0.304 e. The van der Waals surface area contributed by atoms with Crippen LogP contribution in [0.15, 0.2) is 0 Å². The molecule has 14 heavy (non-hydrogen) atoms. The van der Waals surface area contributed by atoms with Gasteiger partial charge in [0.15, 0.2) is 0 Å². The minimum absolute atomic E-state index is 0.0754. The minimum atomic E-state index is -0.803. The standard InChI is InChI=1S/C10H20N2O2/c1-8-2-4-12(5-3-8)7-9(11)6-10(13)14/h8-9H,2-7,11H2,1H3,(H,13,14). The van der Waals surface area contributed by atoms with Gasteiger partial charge in [-0.05, 0) is 31.8 Å². The van der Waals surface area contributed by atoms with Gasteiger partial charge in [0, 0.05) is 12.6 Å². The molecule has 0 radical (unpaired) electrons. The van der Waals surface area contributed by atoms with Crippen molar-refractivity contribution in [1.82, 2.24) is 4.90 Å². The number of piperidine rings is 1. The van der Waals surface area contributed by atoms with E-state index in [9.17, 15) is 4.79 Å². The second-order valence-corrected chi connectivity index (χ2v) is 4.34. The molecular formula is C10H20N2O2. The Morgan fingerprint density at radius 3 is 2.64 bits per heavy atom. The van der Waals surface area contributed by atoms with E-state index in [1.54, 1.807) is 0 Å². The summed E-state index contributed by atoms with van der Waals surface area (Å²) in [6.45, 7) is 5.11. The third-order valence-corrected chi connectivity index (χ3v) is 2.81. The predicted molar refractivity (Wildman–Crippen MR) is 55.1 cm³/mol. The number of nitrogens with two attached hydrogens (primary N) is 1. The Bertz CT molecular complexity index is 189. The highest BCUT2D eigenvalue weighted by Gasteiger charge is 2.18. The molecule has 1 rings (SSSR count). The van der Waals surface area contributed by atoms with Crippen LogP contribution in [0.3, 0.4) is 0 Å². The molecule has 0 saturated carbocycles. The van der Waals surface area contributed by atoms with Crippen molar-refractivity contribution in [3.05, 3.63) is 0 Å². The Morgan fingerprint density at radius 1 is 1.57 bits per heavy atom. The van der Waals surface area contributed by atoms with Crippen molar-refractivity contribution < 1.29 is 9.90 Å². The average Bonchev–Trinajstić information content (AvgIpc) is 2.07. The molecular weight excluding hydrogens is 180 g/mol. The fourth-order valence-corrected chi connectivity index (χ4v) is 1.87. The number of hydrogen-bond donors (Lipinski definition) is 2. The number of hydrogen-bond acceptors (Lipinski definition) is 3. The predicted octanol–water partition coefficient (Wildman–Crippen LogP) is 0.520. The quantitative estimate of drug-likeness (QED) is 0.694. The summed E-state index contributed by atoms with van der Waals surface area (Å²) >= 11 is 0. The maximum atomic E-state index is 10.4. The van der Waals surface area contributed by atoms with Crippen molar-refractivity contribution in [2.75, 3.05) is 19.6 Å². The van der Waals surface area contributed by atoms with E-state index in [0.717, 1.165) is 25.6 Å². The van der Waals surface area contributed by atoms with E-state index in [-0.39, 0.29) is 12.5 Å². The summed E-state index contributed by atoms with van der Waals surface area (Å²) in [7, 11) is 0. The summed E-state index contributed by atoms with van der Waals surface area (Å²) in [4.78, 5) is 12.7. The normalized spacial score (nSPS) is 22.1. The number of likely N-dealkylation sites (tertiary alicyclic amines) is 1. The van der Waals surface area contributed by atoms with Crippen molar-refractivity contribution in [2.45, 2.75) is 32.2 Å². The Hall–Kier alpha value is -0.610. The molecule has 0 aromatic rings. The average molecular weight is 200 g/mol. The molecule has 0 spiro atoms. The van der Waals surface area contributed by atoms with Gasteiger partial charge in [0.25, 0.3) is 0 Å². The lowest BCUT2D eigenvalue weighted by molar-refractivity contribution is -0.137. The molecule has 0 aromatic carbocycles.